The SMILES string of the molecule is COc1cc(-c2ccc(N=Nc3c(S(=O)(=O)[O-])cc4cc(N)ccc4c3O)c(OC)c2)ccc1N=Nc1cc(S(=O)(=O)[O-])c2ccccc2c1O. The maximum Gasteiger partial charge on any atom is 0.152 e. The van der Waals surface area contributed by atoms with Crippen molar-refractivity contribution in [2.45, 2.75) is 9.79 Å². The molecule has 0 atom stereocenters. The Balaban J connectivity index is 1.34. The van der Waals surface area contributed by atoms with Gasteiger partial charge in [-0.15, -0.1) is 20.5 Å². The van der Waals surface area contributed by atoms with Crippen molar-refractivity contribution >= 4 is 70.2 Å². The second-order valence-corrected chi connectivity index (χ2v) is 13.6. The molecular formula is C34H25N5O10S2-2. The van der Waals surface area contributed by atoms with Crippen molar-refractivity contribution in [1.82, 2.24) is 0 Å². The number of phenolic OH excluding ortho intramolecular Hbond substituents is 2. The molecule has 0 spiro atoms. The van der Waals surface area contributed by atoms with E-state index < -0.39 is 41.5 Å². The summed E-state index contributed by atoms with van der Waals surface area (Å²) in [4.78, 5) is -1.34. The average Bonchev–Trinajstić information content (AvgIpc) is 3.09. The minimum absolute atomic E-state index is 0.0479. The van der Waals surface area contributed by atoms with Crippen LogP contribution in [0.4, 0.5) is 28.4 Å². The third kappa shape index (κ3) is 6.86. The highest BCUT2D eigenvalue weighted by Gasteiger charge is 2.19. The molecule has 15 nitrogen and oxygen atoms in total. The molecule has 0 aliphatic carbocycles. The average molecular weight is 728 g/mol. The lowest BCUT2D eigenvalue weighted by Crippen LogP contribution is -1.99. The molecule has 6 rings (SSSR count). The van der Waals surface area contributed by atoms with Crippen LogP contribution in [0.2, 0.25) is 0 Å². The van der Waals surface area contributed by atoms with E-state index in [1.54, 1.807) is 36.4 Å². The molecule has 0 saturated carbocycles. The summed E-state index contributed by atoms with van der Waals surface area (Å²) in [5.41, 5.74) is 6.85. The summed E-state index contributed by atoms with van der Waals surface area (Å²) in [6.45, 7) is 0. The van der Waals surface area contributed by atoms with Crippen LogP contribution >= 0.6 is 0 Å². The molecular weight excluding hydrogens is 703 g/mol. The lowest BCUT2D eigenvalue weighted by atomic mass is 10.0. The number of nitrogens with two attached hydrogens (primary N) is 1. The Bertz CT molecular complexity index is 2660. The fourth-order valence-corrected chi connectivity index (χ4v) is 6.69. The quantitative estimate of drug-likeness (QED) is 0.0756. The fourth-order valence-electron chi connectivity index (χ4n) is 5.34. The summed E-state index contributed by atoms with van der Waals surface area (Å²) >= 11 is 0. The molecule has 17 heteroatoms. The molecule has 0 radical (unpaired) electrons. The predicted molar refractivity (Wildman–Crippen MR) is 185 cm³/mol. The number of phenols is 2. The van der Waals surface area contributed by atoms with E-state index in [2.05, 4.69) is 20.5 Å². The van der Waals surface area contributed by atoms with E-state index in [1.165, 1.54) is 56.7 Å². The number of ether oxygens (including phenoxy) is 2. The Hall–Kier alpha value is -6.14. The van der Waals surface area contributed by atoms with Crippen LogP contribution in [0.25, 0.3) is 32.7 Å². The zero-order valence-corrected chi connectivity index (χ0v) is 28.1. The number of benzene rings is 6. The smallest absolute Gasteiger partial charge is 0.152 e. The van der Waals surface area contributed by atoms with Gasteiger partial charge >= 0.3 is 0 Å². The van der Waals surface area contributed by atoms with Gasteiger partial charge in [-0.3, -0.25) is 0 Å². The van der Waals surface area contributed by atoms with Crippen LogP contribution in [0, 0.1) is 0 Å². The Morgan fingerprint density at radius 1 is 0.588 bits per heavy atom. The van der Waals surface area contributed by atoms with E-state index in [0.717, 1.165) is 12.1 Å². The van der Waals surface area contributed by atoms with Crippen molar-refractivity contribution < 1.29 is 45.6 Å². The van der Waals surface area contributed by atoms with Gasteiger partial charge in [-0.25, -0.2) is 16.8 Å². The first-order valence-electron chi connectivity index (χ1n) is 14.6. The number of aromatic hydroxyl groups is 2. The lowest BCUT2D eigenvalue weighted by Gasteiger charge is -2.14. The Morgan fingerprint density at radius 3 is 1.71 bits per heavy atom. The first kappa shape index (κ1) is 34.7. The van der Waals surface area contributed by atoms with Crippen LogP contribution in [0.5, 0.6) is 23.0 Å². The van der Waals surface area contributed by atoms with Gasteiger partial charge in [0, 0.05) is 21.8 Å². The van der Waals surface area contributed by atoms with Crippen LogP contribution in [0.3, 0.4) is 0 Å². The van der Waals surface area contributed by atoms with Gasteiger partial charge in [0.25, 0.3) is 0 Å². The zero-order valence-electron chi connectivity index (χ0n) is 26.5. The molecule has 51 heavy (non-hydrogen) atoms. The highest BCUT2D eigenvalue weighted by atomic mass is 32.2. The van der Waals surface area contributed by atoms with Crippen molar-refractivity contribution in [3.8, 4) is 34.1 Å². The summed E-state index contributed by atoms with van der Waals surface area (Å²) in [5.74, 6) is -0.490. The van der Waals surface area contributed by atoms with Crippen molar-refractivity contribution in [2.24, 2.45) is 20.5 Å². The fraction of sp³-hybridized carbons (Fsp3) is 0.0588. The Kier molecular flexibility index (Phi) is 9.05. The molecule has 6 aromatic carbocycles. The minimum Gasteiger partial charge on any atom is -0.744 e. The first-order chi connectivity index (χ1) is 24.2. The number of fused-ring (bicyclic) bond motifs is 2. The third-order valence-corrected chi connectivity index (χ3v) is 9.51. The predicted octanol–water partition coefficient (Wildman–Crippen LogP) is 7.31. The second-order valence-electron chi connectivity index (χ2n) is 10.9. The van der Waals surface area contributed by atoms with E-state index >= 15 is 0 Å². The van der Waals surface area contributed by atoms with Gasteiger partial charge in [-0.05, 0) is 71.1 Å². The highest BCUT2D eigenvalue weighted by molar-refractivity contribution is 7.86. The van der Waals surface area contributed by atoms with Crippen molar-refractivity contribution in [3.05, 3.63) is 91.0 Å². The first-order valence-corrected chi connectivity index (χ1v) is 17.4. The van der Waals surface area contributed by atoms with Crippen LogP contribution < -0.4 is 15.2 Å². The van der Waals surface area contributed by atoms with Crippen molar-refractivity contribution in [2.75, 3.05) is 20.0 Å². The van der Waals surface area contributed by atoms with E-state index in [9.17, 15) is 36.2 Å². The van der Waals surface area contributed by atoms with Crippen molar-refractivity contribution in [3.63, 3.8) is 0 Å². The molecule has 0 aromatic heterocycles. The summed E-state index contributed by atoms with van der Waals surface area (Å²) in [6, 6.07) is 22.0. The van der Waals surface area contributed by atoms with E-state index in [-0.39, 0.29) is 55.9 Å². The molecule has 0 amide bonds. The molecule has 4 N–H and O–H groups in total. The number of nitrogens with zero attached hydrogens (tertiary/aromatic N) is 4. The van der Waals surface area contributed by atoms with E-state index in [1.807, 2.05) is 0 Å². The van der Waals surface area contributed by atoms with Gasteiger partial charge in [-0.1, -0.05) is 36.4 Å². The monoisotopic (exact) mass is 727 g/mol. The van der Waals surface area contributed by atoms with E-state index in [4.69, 9.17) is 15.2 Å². The number of anilines is 1. The maximum atomic E-state index is 12.1. The number of rotatable bonds is 9. The summed E-state index contributed by atoms with van der Waals surface area (Å²) in [6.07, 6.45) is 0. The molecule has 0 saturated heterocycles. The van der Waals surface area contributed by atoms with Crippen molar-refractivity contribution in [1.29, 1.82) is 0 Å². The van der Waals surface area contributed by atoms with Crippen LogP contribution in [-0.4, -0.2) is 50.4 Å². The van der Waals surface area contributed by atoms with Gasteiger partial charge in [0.1, 0.15) is 54.5 Å². The Labute approximate surface area is 290 Å². The van der Waals surface area contributed by atoms with Gasteiger partial charge in [0.05, 0.1) is 24.0 Å². The van der Waals surface area contributed by atoms with E-state index in [0.29, 0.717) is 16.8 Å². The number of hydrogen-bond donors (Lipinski definition) is 3. The third-order valence-electron chi connectivity index (χ3n) is 7.79. The number of hydrogen-bond acceptors (Lipinski definition) is 15. The summed E-state index contributed by atoms with van der Waals surface area (Å²) in [5, 5.41) is 38.3. The zero-order chi connectivity index (χ0) is 36.7. The van der Waals surface area contributed by atoms with Crippen LogP contribution in [0.1, 0.15) is 0 Å². The molecule has 0 bridgehead atoms. The number of nitrogen functional groups attached to an aromatic ring is 1. The molecule has 6 aromatic rings. The molecule has 0 unspecified atom stereocenters. The maximum absolute atomic E-state index is 12.1. The van der Waals surface area contributed by atoms with Gasteiger partial charge in [0.2, 0.25) is 0 Å². The van der Waals surface area contributed by atoms with Gasteiger partial charge < -0.3 is 34.5 Å². The molecule has 260 valence electrons. The minimum atomic E-state index is -5.08. The molecule has 0 aliphatic rings. The number of methoxy groups -OCH3 is 2. The summed E-state index contributed by atoms with van der Waals surface area (Å²) in [7, 11) is -7.22. The molecule has 0 heterocycles. The highest BCUT2D eigenvalue weighted by Crippen LogP contribution is 2.44. The lowest BCUT2D eigenvalue weighted by molar-refractivity contribution is 0.415. The topological polar surface area (TPSA) is 249 Å². The molecule has 0 fully saturated rings. The van der Waals surface area contributed by atoms with Crippen LogP contribution in [-0.2, 0) is 20.2 Å². The standard InChI is InChI=1S/C34H27N5O10S2/c1-48-28-14-18(7-11-25(28)36-38-27-17-30(50(42,43)44)23-5-3-4-6-24(23)33(27)40)19-8-12-26(29(15-19)49-2)37-39-32-31(51(45,46)47)16-20-13-21(35)9-10-22(20)34(32)41/h3-17,40-41H,35H2,1-2H3,(H,42,43,44)(H,45,46,47)/p-2. The van der Waals surface area contributed by atoms with Gasteiger partial charge in [0.15, 0.2) is 11.5 Å². The number of azo groups is 2. The normalized spacial score (nSPS) is 12.3. The summed E-state index contributed by atoms with van der Waals surface area (Å²) < 4.78 is 83.1. The van der Waals surface area contributed by atoms with Crippen LogP contribution in [0.15, 0.2) is 121 Å². The largest absolute Gasteiger partial charge is 0.744 e. The second kappa shape index (κ2) is 13.3. The molecule has 0 aliphatic heterocycles. The van der Waals surface area contributed by atoms with Gasteiger partial charge in [-0.2, -0.15) is 0 Å². The Morgan fingerprint density at radius 2 is 1.14 bits per heavy atom.